The molecular formula is C20H38IN5OS. The number of nitrogens with one attached hydrogen (secondary N) is 2. The Hall–Kier alpha value is -0.450. The van der Waals surface area contributed by atoms with Gasteiger partial charge < -0.3 is 15.4 Å². The molecule has 1 unspecified atom stereocenters. The van der Waals surface area contributed by atoms with E-state index in [9.17, 15) is 0 Å². The summed E-state index contributed by atoms with van der Waals surface area (Å²) >= 11 is 1.75. The minimum Gasteiger partial charge on any atom is -0.379 e. The summed E-state index contributed by atoms with van der Waals surface area (Å²) < 4.78 is 5.54. The number of aromatic nitrogens is 1. The normalized spacial score (nSPS) is 16.7. The highest BCUT2D eigenvalue weighted by molar-refractivity contribution is 14.0. The molecule has 2 N–H and O–H groups in total. The Labute approximate surface area is 192 Å². The Bertz CT molecular complexity index is 559. The van der Waals surface area contributed by atoms with Gasteiger partial charge in [-0.1, -0.05) is 26.7 Å². The molecule has 28 heavy (non-hydrogen) atoms. The molecule has 8 heteroatoms. The predicted molar refractivity (Wildman–Crippen MR) is 130 cm³/mol. The number of nitrogens with zero attached hydrogens (tertiary/aromatic N) is 3. The quantitative estimate of drug-likeness (QED) is 0.213. The molecule has 0 amide bonds. The summed E-state index contributed by atoms with van der Waals surface area (Å²) in [4.78, 5) is 11.5. The summed E-state index contributed by atoms with van der Waals surface area (Å²) in [6.45, 7) is 12.2. The summed E-state index contributed by atoms with van der Waals surface area (Å²) in [5.74, 6) is 1.59. The molecular weight excluding hydrogens is 485 g/mol. The van der Waals surface area contributed by atoms with Crippen molar-refractivity contribution < 1.29 is 4.74 Å². The van der Waals surface area contributed by atoms with Gasteiger partial charge in [0.05, 0.1) is 18.2 Å². The third-order valence-electron chi connectivity index (χ3n) is 5.34. The van der Waals surface area contributed by atoms with Crippen molar-refractivity contribution in [1.82, 2.24) is 20.5 Å². The molecule has 0 bridgehead atoms. The summed E-state index contributed by atoms with van der Waals surface area (Å²) in [7, 11) is 1.85. The van der Waals surface area contributed by atoms with Gasteiger partial charge in [0.15, 0.2) is 5.96 Å². The SMILES string of the molecule is CCC(CC)C(CNC(=NC)NCCCc1nc(C)cs1)N1CCOCC1.I. The molecule has 0 spiro atoms. The monoisotopic (exact) mass is 523 g/mol. The van der Waals surface area contributed by atoms with Crippen molar-refractivity contribution in [1.29, 1.82) is 0 Å². The van der Waals surface area contributed by atoms with Crippen LogP contribution in [0.15, 0.2) is 10.4 Å². The van der Waals surface area contributed by atoms with Gasteiger partial charge >= 0.3 is 0 Å². The number of morpholine rings is 1. The molecule has 1 fully saturated rings. The second kappa shape index (κ2) is 14.5. The third-order valence-corrected chi connectivity index (χ3v) is 6.36. The van der Waals surface area contributed by atoms with E-state index in [2.05, 4.69) is 51.7 Å². The van der Waals surface area contributed by atoms with Gasteiger partial charge in [0.1, 0.15) is 0 Å². The topological polar surface area (TPSA) is 61.8 Å². The van der Waals surface area contributed by atoms with Crippen LogP contribution < -0.4 is 10.6 Å². The lowest BCUT2D eigenvalue weighted by atomic mass is 9.92. The summed E-state index contributed by atoms with van der Waals surface area (Å²) in [5, 5.41) is 10.4. The van der Waals surface area contributed by atoms with Crippen LogP contribution in [0.1, 0.15) is 43.8 Å². The second-order valence-electron chi connectivity index (χ2n) is 7.16. The highest BCUT2D eigenvalue weighted by Gasteiger charge is 2.26. The summed E-state index contributed by atoms with van der Waals surface area (Å²) in [6.07, 6.45) is 4.50. The van der Waals surface area contributed by atoms with Gasteiger partial charge in [-0.2, -0.15) is 0 Å². The first-order chi connectivity index (χ1) is 13.2. The number of halogens is 1. The van der Waals surface area contributed by atoms with Crippen LogP contribution in [0.2, 0.25) is 0 Å². The second-order valence-corrected chi connectivity index (χ2v) is 8.10. The zero-order valence-corrected chi connectivity index (χ0v) is 21.0. The van der Waals surface area contributed by atoms with E-state index in [0.717, 1.165) is 63.9 Å². The van der Waals surface area contributed by atoms with E-state index >= 15 is 0 Å². The molecule has 0 saturated carbocycles. The molecule has 1 aliphatic rings. The molecule has 6 nitrogen and oxygen atoms in total. The van der Waals surface area contributed by atoms with Crippen LogP contribution in [0, 0.1) is 12.8 Å². The highest BCUT2D eigenvalue weighted by atomic mass is 127. The number of aliphatic imine (C=N–C) groups is 1. The van der Waals surface area contributed by atoms with Crippen molar-refractivity contribution >= 4 is 41.3 Å². The van der Waals surface area contributed by atoms with Gasteiger partial charge in [0, 0.05) is 56.8 Å². The zero-order valence-electron chi connectivity index (χ0n) is 17.9. The van der Waals surface area contributed by atoms with Gasteiger partial charge in [0.25, 0.3) is 0 Å². The van der Waals surface area contributed by atoms with Crippen LogP contribution in [0.3, 0.4) is 0 Å². The van der Waals surface area contributed by atoms with E-state index < -0.39 is 0 Å². The molecule has 1 aromatic heterocycles. The summed E-state index contributed by atoms with van der Waals surface area (Å²) in [5.41, 5.74) is 1.12. The maximum atomic E-state index is 5.54. The van der Waals surface area contributed by atoms with Crippen molar-refractivity contribution in [2.45, 2.75) is 52.5 Å². The van der Waals surface area contributed by atoms with Crippen molar-refractivity contribution in [2.24, 2.45) is 10.9 Å². The number of rotatable bonds is 10. The first-order valence-electron chi connectivity index (χ1n) is 10.3. The van der Waals surface area contributed by atoms with Crippen molar-refractivity contribution in [2.75, 3.05) is 46.4 Å². The maximum absolute atomic E-state index is 5.54. The Morgan fingerprint density at radius 2 is 2.00 bits per heavy atom. The van der Waals surface area contributed by atoms with E-state index in [1.54, 1.807) is 11.3 Å². The molecule has 0 aliphatic carbocycles. The predicted octanol–water partition coefficient (Wildman–Crippen LogP) is 3.30. The lowest BCUT2D eigenvalue weighted by molar-refractivity contribution is 0.00272. The molecule has 1 aromatic rings. The lowest BCUT2D eigenvalue weighted by Gasteiger charge is -2.39. The van der Waals surface area contributed by atoms with E-state index in [4.69, 9.17) is 4.74 Å². The fraction of sp³-hybridized carbons (Fsp3) is 0.800. The minimum atomic E-state index is 0. The molecule has 0 aromatic carbocycles. The number of hydrogen-bond donors (Lipinski definition) is 2. The van der Waals surface area contributed by atoms with Crippen LogP contribution in [0.25, 0.3) is 0 Å². The molecule has 1 atom stereocenters. The summed E-state index contributed by atoms with van der Waals surface area (Å²) in [6, 6.07) is 0.528. The number of guanidine groups is 1. The van der Waals surface area contributed by atoms with Crippen molar-refractivity contribution in [3.05, 3.63) is 16.1 Å². The Morgan fingerprint density at radius 3 is 2.57 bits per heavy atom. The van der Waals surface area contributed by atoms with Crippen LogP contribution in [-0.2, 0) is 11.2 Å². The molecule has 0 radical (unpaired) electrons. The average Bonchev–Trinajstić information content (AvgIpc) is 3.12. The largest absolute Gasteiger partial charge is 0.379 e. The average molecular weight is 524 g/mol. The first-order valence-corrected chi connectivity index (χ1v) is 11.2. The first kappa shape index (κ1) is 25.6. The number of ether oxygens (including phenoxy) is 1. The standard InChI is InChI=1S/C20H37N5OS.HI/c1-5-17(6-2)18(25-10-12-26-13-11-25)14-23-20(21-4)22-9-7-8-19-24-16(3)15-27-19;/h15,17-18H,5-14H2,1-4H3,(H2,21,22,23);1H. The minimum absolute atomic E-state index is 0. The van der Waals surface area contributed by atoms with Gasteiger partial charge in [-0.05, 0) is 19.3 Å². The zero-order chi connectivity index (χ0) is 19.5. The van der Waals surface area contributed by atoms with E-state index in [1.807, 2.05) is 7.05 Å². The molecule has 2 heterocycles. The number of aryl methyl sites for hydroxylation is 2. The van der Waals surface area contributed by atoms with E-state index in [1.165, 1.54) is 17.8 Å². The smallest absolute Gasteiger partial charge is 0.191 e. The van der Waals surface area contributed by atoms with Gasteiger partial charge in [0.2, 0.25) is 0 Å². The number of hydrogen-bond acceptors (Lipinski definition) is 5. The van der Waals surface area contributed by atoms with Gasteiger partial charge in [-0.25, -0.2) is 4.98 Å². The maximum Gasteiger partial charge on any atom is 0.191 e. The fourth-order valence-corrected chi connectivity index (χ4v) is 4.54. The Balaban J connectivity index is 0.00000392. The Kier molecular flexibility index (Phi) is 13.3. The molecule has 1 saturated heterocycles. The van der Waals surface area contributed by atoms with Gasteiger partial charge in [-0.15, -0.1) is 35.3 Å². The Morgan fingerprint density at radius 1 is 1.29 bits per heavy atom. The molecule has 2 rings (SSSR count). The fourth-order valence-electron chi connectivity index (χ4n) is 3.72. The van der Waals surface area contributed by atoms with Crippen LogP contribution in [0.5, 0.6) is 0 Å². The van der Waals surface area contributed by atoms with Crippen molar-refractivity contribution in [3.8, 4) is 0 Å². The van der Waals surface area contributed by atoms with E-state index in [0.29, 0.717) is 12.0 Å². The van der Waals surface area contributed by atoms with Crippen LogP contribution in [-0.4, -0.2) is 68.3 Å². The lowest BCUT2D eigenvalue weighted by Crippen LogP contribution is -2.53. The highest BCUT2D eigenvalue weighted by Crippen LogP contribution is 2.19. The van der Waals surface area contributed by atoms with Crippen LogP contribution >= 0.6 is 35.3 Å². The van der Waals surface area contributed by atoms with E-state index in [-0.39, 0.29) is 24.0 Å². The molecule has 162 valence electrons. The van der Waals surface area contributed by atoms with Crippen molar-refractivity contribution in [3.63, 3.8) is 0 Å². The third kappa shape index (κ3) is 8.51. The van der Waals surface area contributed by atoms with Crippen LogP contribution in [0.4, 0.5) is 0 Å². The van der Waals surface area contributed by atoms with Gasteiger partial charge in [-0.3, -0.25) is 9.89 Å². The molecule has 1 aliphatic heterocycles. The number of thiazole rings is 1.